The van der Waals surface area contributed by atoms with Crippen molar-refractivity contribution in [3.8, 4) is 0 Å². The van der Waals surface area contributed by atoms with Gasteiger partial charge in [0.2, 0.25) is 5.91 Å². The molecule has 2 aromatic heterocycles. The van der Waals surface area contributed by atoms with Gasteiger partial charge in [0.25, 0.3) is 0 Å². The lowest BCUT2D eigenvalue weighted by Crippen LogP contribution is -2.13. The molecule has 0 atom stereocenters. The van der Waals surface area contributed by atoms with Crippen LogP contribution in [0.3, 0.4) is 0 Å². The van der Waals surface area contributed by atoms with Crippen molar-refractivity contribution in [3.63, 3.8) is 0 Å². The number of anilines is 1. The fourth-order valence-electron chi connectivity index (χ4n) is 2.12. The minimum absolute atomic E-state index is 0.150. The van der Waals surface area contributed by atoms with Crippen LogP contribution in [-0.2, 0) is 4.79 Å². The number of aryl methyl sites for hydroxylation is 1. The van der Waals surface area contributed by atoms with Crippen LogP contribution in [-0.4, -0.2) is 21.6 Å². The van der Waals surface area contributed by atoms with E-state index in [4.69, 9.17) is 0 Å². The first-order valence-electron chi connectivity index (χ1n) is 7.12. The largest absolute Gasteiger partial charge is 0.323 e. The van der Waals surface area contributed by atoms with Gasteiger partial charge in [0, 0.05) is 28.5 Å². The van der Waals surface area contributed by atoms with Gasteiger partial charge in [-0.1, -0.05) is 0 Å². The van der Waals surface area contributed by atoms with E-state index in [1.54, 1.807) is 11.3 Å². The molecule has 0 radical (unpaired) electrons. The van der Waals surface area contributed by atoms with E-state index in [1.807, 2.05) is 13.0 Å². The number of thioether (sulfide) groups is 1. The number of carbonyl (C=O) groups excluding carboxylic acids is 1. The van der Waals surface area contributed by atoms with Gasteiger partial charge in [0.05, 0.1) is 5.69 Å². The monoisotopic (exact) mass is 365 g/mol. The number of amides is 1. The molecule has 1 aromatic carbocycles. The first-order chi connectivity index (χ1) is 11.5. The number of fused-ring (bicyclic) bond motifs is 1. The van der Waals surface area contributed by atoms with Crippen LogP contribution in [0.15, 0.2) is 35.6 Å². The maximum atomic E-state index is 13.5. The summed E-state index contributed by atoms with van der Waals surface area (Å²) < 4.78 is 26.6. The van der Waals surface area contributed by atoms with Crippen molar-refractivity contribution in [1.29, 1.82) is 0 Å². The molecule has 124 valence electrons. The van der Waals surface area contributed by atoms with Crippen molar-refractivity contribution in [1.82, 2.24) is 9.97 Å². The summed E-state index contributed by atoms with van der Waals surface area (Å²) in [5.41, 5.74) is -0.150. The molecule has 4 nitrogen and oxygen atoms in total. The lowest BCUT2D eigenvalue weighted by atomic mass is 10.3. The number of carbonyl (C=O) groups is 1. The molecular weight excluding hydrogens is 352 g/mol. The van der Waals surface area contributed by atoms with Gasteiger partial charge in [-0.3, -0.25) is 4.79 Å². The molecule has 0 aliphatic heterocycles. The van der Waals surface area contributed by atoms with Gasteiger partial charge in [-0.05, 0) is 25.1 Å². The standard InChI is InChI=1S/C16H13F2N3OS2/c1-9-6-11-15(19-8-20-16(11)24-9)23-5-4-14(22)21-13-7-10(17)2-3-12(13)18/h2-3,6-8H,4-5H2,1H3,(H,21,22). The van der Waals surface area contributed by atoms with E-state index in [0.717, 1.165) is 38.3 Å². The summed E-state index contributed by atoms with van der Waals surface area (Å²) in [5, 5.41) is 4.17. The number of nitrogens with one attached hydrogen (secondary N) is 1. The highest BCUT2D eigenvalue weighted by atomic mass is 32.2. The van der Waals surface area contributed by atoms with Gasteiger partial charge in [-0.2, -0.15) is 0 Å². The Kier molecular flexibility index (Phi) is 5.06. The zero-order valence-corrected chi connectivity index (χ0v) is 14.3. The van der Waals surface area contributed by atoms with Crippen molar-refractivity contribution in [2.45, 2.75) is 18.4 Å². The van der Waals surface area contributed by atoms with E-state index < -0.39 is 11.6 Å². The summed E-state index contributed by atoms with van der Waals surface area (Å²) >= 11 is 3.03. The van der Waals surface area contributed by atoms with Crippen molar-refractivity contribution < 1.29 is 13.6 Å². The summed E-state index contributed by atoms with van der Waals surface area (Å²) in [5.74, 6) is -1.16. The minimum atomic E-state index is -0.663. The Bertz CT molecular complexity index is 898. The normalized spacial score (nSPS) is 11.0. The molecule has 0 spiro atoms. The first-order valence-corrected chi connectivity index (χ1v) is 8.92. The second-order valence-electron chi connectivity index (χ2n) is 5.03. The van der Waals surface area contributed by atoms with Gasteiger partial charge >= 0.3 is 0 Å². The third-order valence-electron chi connectivity index (χ3n) is 3.19. The molecule has 24 heavy (non-hydrogen) atoms. The fourth-order valence-corrected chi connectivity index (χ4v) is 3.94. The quantitative estimate of drug-likeness (QED) is 0.538. The molecule has 1 amide bonds. The van der Waals surface area contributed by atoms with Crippen LogP contribution in [0.25, 0.3) is 10.2 Å². The van der Waals surface area contributed by atoms with Crippen molar-refractivity contribution in [2.75, 3.05) is 11.1 Å². The molecule has 1 N–H and O–H groups in total. The Morgan fingerprint density at radius 3 is 2.96 bits per heavy atom. The Morgan fingerprint density at radius 1 is 1.29 bits per heavy atom. The van der Waals surface area contributed by atoms with Gasteiger partial charge in [0.1, 0.15) is 27.8 Å². The fraction of sp³-hybridized carbons (Fsp3) is 0.188. The molecule has 3 rings (SSSR count). The zero-order valence-electron chi connectivity index (χ0n) is 12.7. The van der Waals surface area contributed by atoms with Gasteiger partial charge in [-0.25, -0.2) is 18.7 Å². The molecule has 0 aliphatic carbocycles. The maximum Gasteiger partial charge on any atom is 0.225 e. The van der Waals surface area contributed by atoms with E-state index in [0.29, 0.717) is 5.75 Å². The smallest absolute Gasteiger partial charge is 0.225 e. The molecular formula is C16H13F2N3OS2. The van der Waals surface area contributed by atoms with Crippen LogP contribution in [0.4, 0.5) is 14.5 Å². The summed E-state index contributed by atoms with van der Waals surface area (Å²) in [6, 6.07) is 4.97. The first kappa shape index (κ1) is 16.8. The number of benzene rings is 1. The number of halogens is 2. The van der Waals surface area contributed by atoms with Crippen molar-refractivity contribution in [3.05, 3.63) is 47.1 Å². The number of thiophene rings is 1. The van der Waals surface area contributed by atoms with E-state index in [1.165, 1.54) is 18.1 Å². The van der Waals surface area contributed by atoms with E-state index >= 15 is 0 Å². The number of hydrogen-bond acceptors (Lipinski definition) is 5. The van der Waals surface area contributed by atoms with Crippen LogP contribution >= 0.6 is 23.1 Å². The zero-order chi connectivity index (χ0) is 17.1. The highest BCUT2D eigenvalue weighted by molar-refractivity contribution is 7.99. The minimum Gasteiger partial charge on any atom is -0.323 e. The van der Waals surface area contributed by atoms with Crippen LogP contribution in [0, 0.1) is 18.6 Å². The van der Waals surface area contributed by atoms with Crippen molar-refractivity contribution in [2.24, 2.45) is 0 Å². The van der Waals surface area contributed by atoms with Crippen LogP contribution in [0.2, 0.25) is 0 Å². The molecule has 0 aliphatic rings. The Labute approximate surface area is 145 Å². The number of nitrogens with zero attached hydrogens (tertiary/aromatic N) is 2. The molecule has 0 fully saturated rings. The highest BCUT2D eigenvalue weighted by Gasteiger charge is 2.11. The molecule has 0 bridgehead atoms. The van der Waals surface area contributed by atoms with Crippen LogP contribution < -0.4 is 5.32 Å². The Morgan fingerprint density at radius 2 is 2.12 bits per heavy atom. The third-order valence-corrected chi connectivity index (χ3v) is 5.15. The average Bonchev–Trinajstić information content (AvgIpc) is 2.92. The van der Waals surface area contributed by atoms with Gasteiger partial charge in [-0.15, -0.1) is 23.1 Å². The van der Waals surface area contributed by atoms with Crippen LogP contribution in [0.1, 0.15) is 11.3 Å². The topological polar surface area (TPSA) is 54.9 Å². The lowest BCUT2D eigenvalue weighted by molar-refractivity contribution is -0.115. The third kappa shape index (κ3) is 3.88. The van der Waals surface area contributed by atoms with Gasteiger partial charge in [0.15, 0.2) is 0 Å². The average molecular weight is 365 g/mol. The van der Waals surface area contributed by atoms with E-state index in [9.17, 15) is 13.6 Å². The molecule has 3 aromatic rings. The summed E-state index contributed by atoms with van der Waals surface area (Å²) in [7, 11) is 0. The summed E-state index contributed by atoms with van der Waals surface area (Å²) in [4.78, 5) is 22.4. The maximum absolute atomic E-state index is 13.5. The predicted octanol–water partition coefficient (Wildman–Crippen LogP) is 4.40. The molecule has 0 saturated heterocycles. The van der Waals surface area contributed by atoms with Gasteiger partial charge < -0.3 is 5.32 Å². The van der Waals surface area contributed by atoms with Crippen LogP contribution in [0.5, 0.6) is 0 Å². The summed E-state index contributed by atoms with van der Waals surface area (Å²) in [6.07, 6.45) is 1.66. The molecule has 0 saturated carbocycles. The number of rotatable bonds is 5. The number of aromatic nitrogens is 2. The Hall–Kier alpha value is -2.06. The van der Waals surface area contributed by atoms with Crippen molar-refractivity contribution >= 4 is 44.9 Å². The highest BCUT2D eigenvalue weighted by Crippen LogP contribution is 2.30. The van der Waals surface area contributed by atoms with E-state index in [2.05, 4.69) is 15.3 Å². The summed E-state index contributed by atoms with van der Waals surface area (Å²) in [6.45, 7) is 2.00. The SMILES string of the molecule is Cc1cc2c(SCCC(=O)Nc3cc(F)ccc3F)ncnc2s1. The molecule has 8 heteroatoms. The second-order valence-corrected chi connectivity index (χ2v) is 7.34. The molecule has 2 heterocycles. The number of hydrogen-bond donors (Lipinski definition) is 1. The Balaban J connectivity index is 1.59. The lowest BCUT2D eigenvalue weighted by Gasteiger charge is -2.06. The van der Waals surface area contributed by atoms with E-state index in [-0.39, 0.29) is 18.0 Å². The molecule has 0 unspecified atom stereocenters. The predicted molar refractivity (Wildman–Crippen MR) is 92.5 cm³/mol. The second kappa shape index (κ2) is 7.23.